The van der Waals surface area contributed by atoms with Gasteiger partial charge < -0.3 is 45.1 Å². The predicted molar refractivity (Wildman–Crippen MR) is 283 cm³/mol. The number of allylic oxidation sites excluding steroid dienone is 9. The number of hydrogen-bond acceptors (Lipinski definition) is 10. The number of hydrogen-bond donors (Lipinski definition) is 6. The summed E-state index contributed by atoms with van der Waals surface area (Å²) in [6, 6.07) is -1.03. The molecule has 11 nitrogen and oxygen atoms in total. The normalized spacial score (nSPS) is 20.3. The lowest BCUT2D eigenvalue weighted by atomic mass is 9.99. The van der Waals surface area contributed by atoms with Crippen LogP contribution in [-0.4, -0.2) is 99.6 Å². The summed E-state index contributed by atoms with van der Waals surface area (Å²) < 4.78 is 17.5. The minimum absolute atomic E-state index is 0.0967. The number of rotatable bonds is 46. The largest absolute Gasteiger partial charge is 0.454 e. The standard InChI is InChI=1S/C58H103NO10/c1-4-7-10-13-16-19-22-25-26-28-31-34-37-40-43-46-53(63)69-56-55(65)54(64)52(47-60)68-58(56)67-48-49(50(61)44-41-38-35-32-30-27-23-20-17-14-11-8-5-2)59-57(66)51(62)45-42-39-36-33-29-24-21-18-15-12-9-6-3/h7,10,13,16,19,22,25-26,41,44,49-52,54-56,58,60-62,64-65H,4-6,8-9,11-12,14-15,17-18,20-21,23-24,27-40,42-43,45-48H2,1-3H3,(H,59,66)/b10-7+,16-13+,22-19+,26-25-,44-41+. The van der Waals surface area contributed by atoms with Gasteiger partial charge in [0.15, 0.2) is 12.4 Å². The third kappa shape index (κ3) is 35.2. The Morgan fingerprint density at radius 2 is 1.04 bits per heavy atom. The fourth-order valence-corrected chi connectivity index (χ4v) is 8.54. The molecule has 0 radical (unpaired) electrons. The van der Waals surface area contributed by atoms with Crippen LogP contribution in [0.5, 0.6) is 0 Å². The van der Waals surface area contributed by atoms with E-state index in [1.807, 2.05) is 42.5 Å². The van der Waals surface area contributed by atoms with Gasteiger partial charge in [0.05, 0.1) is 25.4 Å². The van der Waals surface area contributed by atoms with Crippen molar-refractivity contribution in [1.29, 1.82) is 0 Å². The van der Waals surface area contributed by atoms with Crippen LogP contribution in [0.3, 0.4) is 0 Å². The first kappa shape index (κ1) is 64.4. The van der Waals surface area contributed by atoms with E-state index >= 15 is 0 Å². The number of amides is 1. The zero-order valence-corrected chi connectivity index (χ0v) is 43.9. The maximum Gasteiger partial charge on any atom is 0.306 e. The maximum absolute atomic E-state index is 13.3. The fraction of sp³-hybridized carbons (Fsp3) is 0.793. The predicted octanol–water partition coefficient (Wildman–Crippen LogP) is 12.3. The zero-order chi connectivity index (χ0) is 50.4. The molecule has 0 aromatic heterocycles. The molecule has 8 unspecified atom stereocenters. The Kier molecular flexibility index (Phi) is 43.3. The third-order valence-electron chi connectivity index (χ3n) is 13.0. The summed E-state index contributed by atoms with van der Waals surface area (Å²) >= 11 is 0. The molecule has 1 heterocycles. The highest BCUT2D eigenvalue weighted by Crippen LogP contribution is 2.26. The first-order chi connectivity index (χ1) is 33.7. The van der Waals surface area contributed by atoms with Crippen molar-refractivity contribution in [1.82, 2.24) is 5.32 Å². The van der Waals surface area contributed by atoms with E-state index in [2.05, 4.69) is 38.2 Å². The molecular weight excluding hydrogens is 871 g/mol. The monoisotopic (exact) mass is 974 g/mol. The first-order valence-corrected chi connectivity index (χ1v) is 28.1. The molecule has 0 saturated carbocycles. The zero-order valence-electron chi connectivity index (χ0n) is 43.9. The lowest BCUT2D eigenvalue weighted by molar-refractivity contribution is -0.305. The van der Waals surface area contributed by atoms with Crippen molar-refractivity contribution < 1.29 is 49.3 Å². The van der Waals surface area contributed by atoms with Gasteiger partial charge in [-0.2, -0.15) is 0 Å². The Morgan fingerprint density at radius 3 is 1.57 bits per heavy atom. The van der Waals surface area contributed by atoms with E-state index in [9.17, 15) is 35.1 Å². The van der Waals surface area contributed by atoms with Gasteiger partial charge in [0.2, 0.25) is 5.91 Å². The second kappa shape index (κ2) is 46.4. The number of carbonyl (C=O) groups excluding carboxylic acids is 2. The summed E-state index contributed by atoms with van der Waals surface area (Å²) in [5.41, 5.74) is 0. The highest BCUT2D eigenvalue weighted by atomic mass is 16.7. The highest BCUT2D eigenvalue weighted by molar-refractivity contribution is 5.80. The van der Waals surface area contributed by atoms with Crippen LogP contribution in [-0.2, 0) is 23.8 Å². The molecule has 0 spiro atoms. The highest BCUT2D eigenvalue weighted by Gasteiger charge is 2.47. The summed E-state index contributed by atoms with van der Waals surface area (Å²) in [7, 11) is 0. The van der Waals surface area contributed by atoms with Crippen LogP contribution >= 0.6 is 0 Å². The van der Waals surface area contributed by atoms with Crippen LogP contribution in [0.2, 0.25) is 0 Å². The van der Waals surface area contributed by atoms with E-state index in [4.69, 9.17) is 14.2 Å². The topological polar surface area (TPSA) is 175 Å². The molecule has 69 heavy (non-hydrogen) atoms. The average Bonchev–Trinajstić information content (AvgIpc) is 3.34. The van der Waals surface area contributed by atoms with E-state index in [0.29, 0.717) is 19.3 Å². The minimum Gasteiger partial charge on any atom is -0.454 e. The summed E-state index contributed by atoms with van der Waals surface area (Å²) in [5, 5.41) is 56.7. The number of ether oxygens (including phenoxy) is 3. The number of nitrogens with one attached hydrogen (secondary N) is 1. The van der Waals surface area contributed by atoms with E-state index < -0.39 is 67.4 Å². The second-order valence-corrected chi connectivity index (χ2v) is 19.4. The van der Waals surface area contributed by atoms with Crippen molar-refractivity contribution in [2.75, 3.05) is 13.2 Å². The summed E-state index contributed by atoms with van der Waals surface area (Å²) in [6.45, 7) is 5.62. The van der Waals surface area contributed by atoms with Crippen molar-refractivity contribution >= 4 is 11.9 Å². The number of esters is 1. The fourth-order valence-electron chi connectivity index (χ4n) is 8.54. The molecule has 0 aromatic carbocycles. The molecule has 8 atom stereocenters. The Bertz CT molecular complexity index is 1350. The van der Waals surface area contributed by atoms with Crippen molar-refractivity contribution in [3.8, 4) is 0 Å². The van der Waals surface area contributed by atoms with Gasteiger partial charge in [-0.3, -0.25) is 9.59 Å². The summed E-state index contributed by atoms with van der Waals surface area (Å²) in [4.78, 5) is 26.4. The number of aliphatic hydroxyl groups is 5. The Hall–Kier alpha value is -2.64. The van der Waals surface area contributed by atoms with E-state index in [1.165, 1.54) is 109 Å². The molecular formula is C58H103NO10. The van der Waals surface area contributed by atoms with E-state index in [1.54, 1.807) is 6.08 Å². The molecule has 1 rings (SSSR count). The van der Waals surface area contributed by atoms with Gasteiger partial charge in [-0.15, -0.1) is 0 Å². The van der Waals surface area contributed by atoms with Gasteiger partial charge in [-0.25, -0.2) is 0 Å². The van der Waals surface area contributed by atoms with E-state index in [-0.39, 0.29) is 13.0 Å². The molecule has 0 bridgehead atoms. The quantitative estimate of drug-likeness (QED) is 0.0149. The lowest BCUT2D eigenvalue weighted by Crippen LogP contribution is -2.61. The number of aliphatic hydroxyl groups excluding tert-OH is 5. The Labute approximate surface area is 420 Å². The van der Waals surface area contributed by atoms with Crippen LogP contribution in [0.25, 0.3) is 0 Å². The van der Waals surface area contributed by atoms with Crippen LogP contribution in [0.15, 0.2) is 60.8 Å². The average molecular weight is 974 g/mol. The summed E-state index contributed by atoms with van der Waals surface area (Å²) in [5.74, 6) is -1.22. The molecule has 400 valence electrons. The third-order valence-corrected chi connectivity index (χ3v) is 13.0. The molecule has 0 aromatic rings. The van der Waals surface area contributed by atoms with Crippen molar-refractivity contribution in [3.63, 3.8) is 0 Å². The smallest absolute Gasteiger partial charge is 0.306 e. The van der Waals surface area contributed by atoms with Crippen molar-refractivity contribution in [2.45, 2.75) is 282 Å². The Balaban J connectivity index is 2.77. The number of unbranched alkanes of at least 4 members (excludes halogenated alkanes) is 27. The van der Waals surface area contributed by atoms with Gasteiger partial charge in [0, 0.05) is 6.42 Å². The van der Waals surface area contributed by atoms with Crippen LogP contribution in [0.1, 0.15) is 233 Å². The molecule has 1 aliphatic rings. The lowest BCUT2D eigenvalue weighted by Gasteiger charge is -2.41. The molecule has 0 aliphatic carbocycles. The Morgan fingerprint density at radius 1 is 0.580 bits per heavy atom. The SMILES string of the molecule is CC/C=C/C=C/C=C/C=C\CCCCCCCC(=O)OC1C(OCC(NC(=O)C(O)CCCCCCCCCCCCCC)C(O)/C=C/CCCCCCCCCCCCC)OC(CO)C(O)C1O. The van der Waals surface area contributed by atoms with Gasteiger partial charge in [-0.05, 0) is 44.9 Å². The minimum atomic E-state index is -1.62. The van der Waals surface area contributed by atoms with Gasteiger partial charge in [0.1, 0.15) is 24.4 Å². The second-order valence-electron chi connectivity index (χ2n) is 19.4. The van der Waals surface area contributed by atoms with Gasteiger partial charge >= 0.3 is 5.97 Å². The molecule has 1 saturated heterocycles. The van der Waals surface area contributed by atoms with Crippen molar-refractivity contribution in [3.05, 3.63) is 60.8 Å². The van der Waals surface area contributed by atoms with Crippen LogP contribution in [0, 0.1) is 0 Å². The van der Waals surface area contributed by atoms with Crippen LogP contribution in [0.4, 0.5) is 0 Å². The summed E-state index contributed by atoms with van der Waals surface area (Å²) in [6.07, 6.45) is 45.5. The first-order valence-electron chi connectivity index (χ1n) is 28.1. The van der Waals surface area contributed by atoms with Crippen LogP contribution < -0.4 is 5.32 Å². The number of carbonyl (C=O) groups is 2. The van der Waals surface area contributed by atoms with E-state index in [0.717, 1.165) is 77.0 Å². The maximum atomic E-state index is 13.3. The van der Waals surface area contributed by atoms with Crippen molar-refractivity contribution in [2.24, 2.45) is 0 Å². The molecule has 6 N–H and O–H groups in total. The molecule has 1 fully saturated rings. The molecule has 1 aliphatic heterocycles. The molecule has 1 amide bonds. The van der Waals surface area contributed by atoms with Gasteiger partial charge in [0.25, 0.3) is 0 Å². The van der Waals surface area contributed by atoms with Gasteiger partial charge in [-0.1, -0.05) is 242 Å². The molecule has 11 heteroatoms.